The van der Waals surface area contributed by atoms with Crippen LogP contribution in [0, 0.1) is 12.8 Å². The zero-order chi connectivity index (χ0) is 12.7. The van der Waals surface area contributed by atoms with Crippen LogP contribution in [0.1, 0.15) is 25.8 Å². The van der Waals surface area contributed by atoms with Gasteiger partial charge in [-0.15, -0.1) is 0 Å². The molecular formula is C14H22BrNO. The quantitative estimate of drug-likeness (QED) is 0.761. The molecule has 0 saturated heterocycles. The summed E-state index contributed by atoms with van der Waals surface area (Å²) < 4.78 is 6.66. The van der Waals surface area contributed by atoms with Crippen LogP contribution in [0.3, 0.4) is 0 Å². The van der Waals surface area contributed by atoms with Crippen LogP contribution in [0.4, 0.5) is 5.69 Å². The fourth-order valence-electron chi connectivity index (χ4n) is 1.45. The summed E-state index contributed by atoms with van der Waals surface area (Å²) in [5, 5.41) is 3.37. The molecule has 1 aromatic carbocycles. The maximum absolute atomic E-state index is 5.56. The average Bonchev–Trinajstić information content (AvgIpc) is 2.27. The predicted octanol–water partition coefficient (Wildman–Crippen LogP) is 4.23. The van der Waals surface area contributed by atoms with Gasteiger partial charge in [0.1, 0.15) is 0 Å². The van der Waals surface area contributed by atoms with E-state index in [0.717, 1.165) is 36.3 Å². The van der Waals surface area contributed by atoms with E-state index in [1.165, 1.54) is 5.56 Å². The van der Waals surface area contributed by atoms with E-state index in [1.54, 1.807) is 0 Å². The van der Waals surface area contributed by atoms with E-state index < -0.39 is 0 Å². The molecule has 0 aliphatic carbocycles. The summed E-state index contributed by atoms with van der Waals surface area (Å²) in [6, 6.07) is 6.30. The first-order valence-corrected chi connectivity index (χ1v) is 6.96. The zero-order valence-electron chi connectivity index (χ0n) is 10.9. The van der Waals surface area contributed by atoms with Gasteiger partial charge in [0.05, 0.1) is 6.61 Å². The van der Waals surface area contributed by atoms with E-state index in [-0.39, 0.29) is 0 Å². The lowest BCUT2D eigenvalue weighted by Crippen LogP contribution is -2.11. The summed E-state index contributed by atoms with van der Waals surface area (Å²) in [5.41, 5.74) is 2.40. The molecule has 3 heteroatoms. The number of nitrogens with one attached hydrogen (secondary N) is 1. The highest BCUT2D eigenvalue weighted by Crippen LogP contribution is 2.22. The van der Waals surface area contributed by atoms with E-state index in [9.17, 15) is 0 Å². The minimum atomic E-state index is 0.717. The Morgan fingerprint density at radius 2 is 2.06 bits per heavy atom. The second-order valence-electron chi connectivity index (χ2n) is 4.70. The standard InChI is InChI=1S/C14H22BrNO/c1-11(2)6-8-17-9-7-16-14-10-12(3)4-5-13(14)15/h4-5,10-11,16H,6-9H2,1-3H3. The van der Waals surface area contributed by atoms with Crippen LogP contribution in [0.15, 0.2) is 22.7 Å². The summed E-state index contributed by atoms with van der Waals surface area (Å²) in [6.45, 7) is 8.98. The smallest absolute Gasteiger partial charge is 0.0639 e. The molecule has 1 aromatic rings. The van der Waals surface area contributed by atoms with Gasteiger partial charge in [-0.25, -0.2) is 0 Å². The molecular weight excluding hydrogens is 278 g/mol. The van der Waals surface area contributed by atoms with Gasteiger partial charge in [0.25, 0.3) is 0 Å². The van der Waals surface area contributed by atoms with Gasteiger partial charge in [-0.05, 0) is 52.9 Å². The first-order valence-electron chi connectivity index (χ1n) is 6.17. The van der Waals surface area contributed by atoms with E-state index in [0.29, 0.717) is 5.92 Å². The minimum absolute atomic E-state index is 0.717. The lowest BCUT2D eigenvalue weighted by molar-refractivity contribution is 0.132. The summed E-state index contributed by atoms with van der Waals surface area (Å²) in [7, 11) is 0. The molecule has 0 radical (unpaired) electrons. The molecule has 0 unspecified atom stereocenters. The summed E-state index contributed by atoms with van der Waals surface area (Å²) in [4.78, 5) is 0. The van der Waals surface area contributed by atoms with Crippen molar-refractivity contribution in [3.05, 3.63) is 28.2 Å². The van der Waals surface area contributed by atoms with Crippen LogP contribution in [0.2, 0.25) is 0 Å². The number of hydrogen-bond acceptors (Lipinski definition) is 2. The highest BCUT2D eigenvalue weighted by molar-refractivity contribution is 9.10. The van der Waals surface area contributed by atoms with Crippen molar-refractivity contribution < 1.29 is 4.74 Å². The van der Waals surface area contributed by atoms with E-state index in [4.69, 9.17) is 4.74 Å². The molecule has 0 aliphatic heterocycles. The first-order chi connectivity index (χ1) is 8.09. The van der Waals surface area contributed by atoms with E-state index >= 15 is 0 Å². The maximum atomic E-state index is 5.56. The van der Waals surface area contributed by atoms with Gasteiger partial charge < -0.3 is 10.1 Å². The van der Waals surface area contributed by atoms with Crippen LogP contribution in [-0.4, -0.2) is 19.8 Å². The van der Waals surface area contributed by atoms with Crippen molar-refractivity contribution in [1.82, 2.24) is 0 Å². The molecule has 96 valence electrons. The van der Waals surface area contributed by atoms with Crippen LogP contribution < -0.4 is 5.32 Å². The zero-order valence-corrected chi connectivity index (χ0v) is 12.5. The van der Waals surface area contributed by atoms with E-state index in [1.807, 2.05) is 0 Å². The average molecular weight is 300 g/mol. The molecule has 0 aliphatic rings. The molecule has 1 rings (SSSR count). The third-order valence-electron chi connectivity index (χ3n) is 2.52. The van der Waals surface area contributed by atoms with Gasteiger partial charge >= 0.3 is 0 Å². The SMILES string of the molecule is Cc1ccc(Br)c(NCCOCCC(C)C)c1. The summed E-state index contributed by atoms with van der Waals surface area (Å²) in [6.07, 6.45) is 1.13. The number of anilines is 1. The third kappa shape index (κ3) is 6.08. The summed E-state index contributed by atoms with van der Waals surface area (Å²) >= 11 is 3.53. The Bertz CT molecular complexity index is 339. The number of benzene rings is 1. The number of rotatable bonds is 7. The van der Waals surface area contributed by atoms with Crippen LogP contribution >= 0.6 is 15.9 Å². The fourth-order valence-corrected chi connectivity index (χ4v) is 1.84. The van der Waals surface area contributed by atoms with Crippen LogP contribution in [0.25, 0.3) is 0 Å². The normalized spacial score (nSPS) is 10.9. The molecule has 0 spiro atoms. The Balaban J connectivity index is 2.20. The van der Waals surface area contributed by atoms with Crippen molar-refractivity contribution in [3.63, 3.8) is 0 Å². The fraction of sp³-hybridized carbons (Fsp3) is 0.571. The molecule has 1 N–H and O–H groups in total. The van der Waals surface area contributed by atoms with Gasteiger partial charge in [-0.2, -0.15) is 0 Å². The van der Waals surface area contributed by atoms with Crippen molar-refractivity contribution >= 4 is 21.6 Å². The van der Waals surface area contributed by atoms with Gasteiger partial charge in [0.2, 0.25) is 0 Å². The Kier molecular flexibility index (Phi) is 6.60. The Labute approximate surface area is 113 Å². The summed E-state index contributed by atoms with van der Waals surface area (Å²) in [5.74, 6) is 0.717. The largest absolute Gasteiger partial charge is 0.382 e. The van der Waals surface area contributed by atoms with Crippen molar-refractivity contribution in [2.24, 2.45) is 5.92 Å². The molecule has 0 amide bonds. The Hall–Kier alpha value is -0.540. The Morgan fingerprint density at radius 3 is 2.76 bits per heavy atom. The van der Waals surface area contributed by atoms with Crippen molar-refractivity contribution in [1.29, 1.82) is 0 Å². The molecule has 2 nitrogen and oxygen atoms in total. The topological polar surface area (TPSA) is 21.3 Å². The second kappa shape index (κ2) is 7.72. The molecule has 0 heterocycles. The van der Waals surface area contributed by atoms with Gasteiger partial charge in [0, 0.05) is 23.3 Å². The van der Waals surface area contributed by atoms with Gasteiger partial charge in [-0.3, -0.25) is 0 Å². The lowest BCUT2D eigenvalue weighted by atomic mass is 10.1. The molecule has 0 bridgehead atoms. The lowest BCUT2D eigenvalue weighted by Gasteiger charge is -2.10. The number of halogens is 1. The second-order valence-corrected chi connectivity index (χ2v) is 5.56. The number of aryl methyl sites for hydroxylation is 1. The molecule has 0 fully saturated rings. The highest BCUT2D eigenvalue weighted by atomic mass is 79.9. The minimum Gasteiger partial charge on any atom is -0.382 e. The molecule has 0 atom stereocenters. The number of ether oxygens (including phenoxy) is 1. The third-order valence-corrected chi connectivity index (χ3v) is 3.21. The van der Waals surface area contributed by atoms with Crippen molar-refractivity contribution in [2.45, 2.75) is 27.2 Å². The molecule has 0 saturated carbocycles. The maximum Gasteiger partial charge on any atom is 0.0639 e. The van der Waals surface area contributed by atoms with Crippen molar-refractivity contribution in [2.75, 3.05) is 25.1 Å². The number of hydrogen-bond donors (Lipinski definition) is 1. The molecule has 0 aromatic heterocycles. The first kappa shape index (κ1) is 14.5. The molecule has 17 heavy (non-hydrogen) atoms. The van der Waals surface area contributed by atoms with E-state index in [2.05, 4.69) is 60.2 Å². The van der Waals surface area contributed by atoms with Gasteiger partial charge in [0.15, 0.2) is 0 Å². The van der Waals surface area contributed by atoms with Crippen molar-refractivity contribution in [3.8, 4) is 0 Å². The highest BCUT2D eigenvalue weighted by Gasteiger charge is 1.99. The van der Waals surface area contributed by atoms with Crippen LogP contribution in [0.5, 0.6) is 0 Å². The Morgan fingerprint density at radius 1 is 1.29 bits per heavy atom. The predicted molar refractivity (Wildman–Crippen MR) is 77.6 cm³/mol. The van der Waals surface area contributed by atoms with Crippen LogP contribution in [-0.2, 0) is 4.74 Å². The monoisotopic (exact) mass is 299 g/mol. The van der Waals surface area contributed by atoms with Gasteiger partial charge in [-0.1, -0.05) is 19.9 Å².